The van der Waals surface area contributed by atoms with Crippen molar-refractivity contribution in [1.82, 2.24) is 0 Å². The summed E-state index contributed by atoms with van der Waals surface area (Å²) in [5.41, 5.74) is 5.22. The summed E-state index contributed by atoms with van der Waals surface area (Å²) in [6.07, 6.45) is 1.90. The van der Waals surface area contributed by atoms with Gasteiger partial charge in [-0.05, 0) is 64.2 Å². The minimum Gasteiger partial charge on any atom is -0.489 e. The lowest BCUT2D eigenvalue weighted by Crippen LogP contribution is -2.32. The van der Waals surface area contributed by atoms with Gasteiger partial charge in [-0.3, -0.25) is 4.79 Å². The maximum absolute atomic E-state index is 11.6. The maximum atomic E-state index is 11.6. The second-order valence-corrected chi connectivity index (χ2v) is 8.89. The molecule has 2 aliphatic heterocycles. The van der Waals surface area contributed by atoms with Crippen molar-refractivity contribution in [2.24, 2.45) is 0 Å². The molecule has 0 aliphatic carbocycles. The number of aliphatic hydroxyl groups is 1. The SMILES string of the molecule is C=C(C)COc1c(C)c(CC[C@@H]2C[C@@H](O)CC(=O)O2)c2c(c1C)CC(C)(C)O2. The number of fused-ring (bicyclic) bond motifs is 1. The van der Waals surface area contributed by atoms with Crippen molar-refractivity contribution >= 4 is 5.97 Å². The Morgan fingerprint density at radius 1 is 1.32 bits per heavy atom. The van der Waals surface area contributed by atoms with Crippen LogP contribution in [0.1, 0.15) is 62.3 Å². The Balaban J connectivity index is 1.90. The molecule has 5 nitrogen and oxygen atoms in total. The molecule has 1 aromatic rings. The summed E-state index contributed by atoms with van der Waals surface area (Å²) in [5.74, 6) is 1.53. The topological polar surface area (TPSA) is 65.0 Å². The van der Waals surface area contributed by atoms with Gasteiger partial charge in [-0.2, -0.15) is 0 Å². The number of esters is 1. The van der Waals surface area contributed by atoms with Crippen molar-refractivity contribution in [3.05, 3.63) is 34.4 Å². The van der Waals surface area contributed by atoms with E-state index in [1.165, 1.54) is 5.56 Å². The summed E-state index contributed by atoms with van der Waals surface area (Å²) >= 11 is 0. The average Bonchev–Trinajstić information content (AvgIpc) is 2.89. The third-order valence-corrected chi connectivity index (χ3v) is 5.53. The first-order valence-corrected chi connectivity index (χ1v) is 10.1. The van der Waals surface area contributed by atoms with Gasteiger partial charge in [-0.25, -0.2) is 0 Å². The molecule has 0 unspecified atom stereocenters. The molecule has 0 saturated carbocycles. The van der Waals surface area contributed by atoms with Crippen LogP contribution in [-0.2, 0) is 22.4 Å². The minimum absolute atomic E-state index is 0.0889. The van der Waals surface area contributed by atoms with E-state index in [1.54, 1.807) is 0 Å². The van der Waals surface area contributed by atoms with Crippen molar-refractivity contribution in [3.8, 4) is 11.5 Å². The van der Waals surface area contributed by atoms with Crippen LogP contribution in [0.15, 0.2) is 12.2 Å². The fourth-order valence-corrected chi connectivity index (χ4v) is 4.21. The summed E-state index contributed by atoms with van der Waals surface area (Å²) < 4.78 is 17.9. The fraction of sp³-hybridized carbons (Fsp3) is 0.609. The molecule has 1 fully saturated rings. The summed E-state index contributed by atoms with van der Waals surface area (Å²) in [6, 6.07) is 0. The highest BCUT2D eigenvalue weighted by Crippen LogP contribution is 2.46. The summed E-state index contributed by atoms with van der Waals surface area (Å²) in [7, 11) is 0. The second-order valence-electron chi connectivity index (χ2n) is 8.89. The molecule has 3 rings (SSSR count). The summed E-state index contributed by atoms with van der Waals surface area (Å²) in [6.45, 7) is 14.7. The molecule has 0 aromatic heterocycles. The van der Waals surface area contributed by atoms with Gasteiger partial charge in [-0.1, -0.05) is 6.58 Å². The number of hydrogen-bond donors (Lipinski definition) is 1. The molecule has 2 heterocycles. The highest BCUT2D eigenvalue weighted by atomic mass is 16.5. The molecule has 1 saturated heterocycles. The molecular weight excluding hydrogens is 356 g/mol. The van der Waals surface area contributed by atoms with Crippen LogP contribution in [0.2, 0.25) is 0 Å². The number of hydrogen-bond acceptors (Lipinski definition) is 5. The number of benzene rings is 1. The van der Waals surface area contributed by atoms with Crippen molar-refractivity contribution < 1.29 is 24.1 Å². The fourth-order valence-electron chi connectivity index (χ4n) is 4.21. The number of ether oxygens (including phenoxy) is 3. The normalized spacial score (nSPS) is 23.0. The third-order valence-electron chi connectivity index (χ3n) is 5.53. The number of rotatable bonds is 6. The van der Waals surface area contributed by atoms with Crippen molar-refractivity contribution in [3.63, 3.8) is 0 Å². The van der Waals surface area contributed by atoms with Gasteiger partial charge in [0.25, 0.3) is 0 Å². The van der Waals surface area contributed by atoms with E-state index in [-0.39, 0.29) is 24.1 Å². The number of cyclic esters (lactones) is 1. The molecule has 1 aromatic carbocycles. The van der Waals surface area contributed by atoms with Crippen molar-refractivity contribution in [1.29, 1.82) is 0 Å². The molecule has 2 aliphatic rings. The van der Waals surface area contributed by atoms with Gasteiger partial charge >= 0.3 is 5.97 Å². The molecule has 154 valence electrons. The molecule has 28 heavy (non-hydrogen) atoms. The first-order valence-electron chi connectivity index (χ1n) is 10.1. The first kappa shape index (κ1) is 20.7. The average molecular weight is 389 g/mol. The van der Waals surface area contributed by atoms with E-state index in [1.807, 2.05) is 6.92 Å². The molecule has 5 heteroatoms. The van der Waals surface area contributed by atoms with Crippen LogP contribution in [-0.4, -0.2) is 35.5 Å². The highest BCUT2D eigenvalue weighted by Gasteiger charge is 2.36. The lowest BCUT2D eigenvalue weighted by molar-refractivity contribution is -0.160. The van der Waals surface area contributed by atoms with Gasteiger partial charge in [0, 0.05) is 24.0 Å². The zero-order valence-electron chi connectivity index (χ0n) is 17.7. The van der Waals surface area contributed by atoms with Crippen LogP contribution in [0, 0.1) is 13.8 Å². The molecule has 1 N–H and O–H groups in total. The predicted molar refractivity (Wildman–Crippen MR) is 108 cm³/mol. The third kappa shape index (κ3) is 4.35. The van der Waals surface area contributed by atoms with Crippen LogP contribution in [0.3, 0.4) is 0 Å². The van der Waals surface area contributed by atoms with E-state index in [4.69, 9.17) is 14.2 Å². The van der Waals surface area contributed by atoms with Crippen LogP contribution >= 0.6 is 0 Å². The number of aliphatic hydroxyl groups excluding tert-OH is 1. The van der Waals surface area contributed by atoms with Gasteiger partial charge < -0.3 is 19.3 Å². The van der Waals surface area contributed by atoms with E-state index in [9.17, 15) is 9.90 Å². The first-order chi connectivity index (χ1) is 13.1. The van der Waals surface area contributed by atoms with Crippen LogP contribution in [0.5, 0.6) is 11.5 Å². The van der Waals surface area contributed by atoms with Gasteiger partial charge in [-0.15, -0.1) is 0 Å². The largest absolute Gasteiger partial charge is 0.489 e. The Kier molecular flexibility index (Phi) is 5.76. The zero-order chi connectivity index (χ0) is 20.6. The Hall–Kier alpha value is -2.01. The quantitative estimate of drug-likeness (QED) is 0.590. The highest BCUT2D eigenvalue weighted by molar-refractivity contribution is 5.71. The Labute approximate surface area is 167 Å². The molecular formula is C23H32O5. The monoisotopic (exact) mass is 388 g/mol. The molecule has 0 spiro atoms. The Bertz CT molecular complexity index is 793. The van der Waals surface area contributed by atoms with Crippen LogP contribution in [0.25, 0.3) is 0 Å². The molecule has 0 bridgehead atoms. The summed E-state index contributed by atoms with van der Waals surface area (Å²) in [4.78, 5) is 11.6. The van der Waals surface area contributed by atoms with E-state index < -0.39 is 6.10 Å². The van der Waals surface area contributed by atoms with E-state index in [2.05, 4.69) is 34.3 Å². The van der Waals surface area contributed by atoms with E-state index >= 15 is 0 Å². The van der Waals surface area contributed by atoms with Crippen molar-refractivity contribution in [2.75, 3.05) is 6.61 Å². The Morgan fingerprint density at radius 3 is 2.68 bits per heavy atom. The van der Waals surface area contributed by atoms with Crippen molar-refractivity contribution in [2.45, 2.75) is 84.5 Å². The summed E-state index contributed by atoms with van der Waals surface area (Å²) in [5, 5.41) is 9.87. The lowest BCUT2D eigenvalue weighted by Gasteiger charge is -2.27. The molecule has 0 amide bonds. The maximum Gasteiger partial charge on any atom is 0.308 e. The van der Waals surface area contributed by atoms with E-state index in [0.29, 0.717) is 25.9 Å². The lowest BCUT2D eigenvalue weighted by atomic mass is 9.90. The standard InChI is InChI=1S/C23H32O5/c1-13(2)12-26-21-14(3)18(8-7-17-9-16(24)10-20(25)27-17)22-19(15(21)4)11-23(5,6)28-22/h16-17,24H,1,7-12H2,2-6H3/t16-,17-/m1/s1. The van der Waals surface area contributed by atoms with Gasteiger partial charge in [0.15, 0.2) is 0 Å². The smallest absolute Gasteiger partial charge is 0.308 e. The van der Waals surface area contributed by atoms with Crippen LogP contribution in [0.4, 0.5) is 0 Å². The zero-order valence-corrected chi connectivity index (χ0v) is 17.7. The van der Waals surface area contributed by atoms with Gasteiger partial charge in [0.1, 0.15) is 29.8 Å². The second kappa shape index (κ2) is 7.78. The molecule has 0 radical (unpaired) electrons. The van der Waals surface area contributed by atoms with Crippen LogP contribution < -0.4 is 9.47 Å². The minimum atomic E-state index is -0.610. The van der Waals surface area contributed by atoms with Gasteiger partial charge in [0.05, 0.1) is 12.5 Å². The Morgan fingerprint density at radius 2 is 2.04 bits per heavy atom. The molecule has 2 atom stereocenters. The number of carbonyl (C=O) groups is 1. The predicted octanol–water partition coefficient (Wildman–Crippen LogP) is 3.97. The number of carbonyl (C=O) groups excluding carboxylic acids is 1. The van der Waals surface area contributed by atoms with Gasteiger partial charge in [0.2, 0.25) is 0 Å². The van der Waals surface area contributed by atoms with E-state index in [0.717, 1.165) is 40.2 Å².